The zero-order valence-corrected chi connectivity index (χ0v) is 14.1. The summed E-state index contributed by atoms with van der Waals surface area (Å²) in [4.78, 5) is 25.0. The first-order valence-corrected chi connectivity index (χ1v) is 8.44. The Bertz CT molecular complexity index is 728. The molecule has 0 saturated carbocycles. The summed E-state index contributed by atoms with van der Waals surface area (Å²) < 4.78 is 5.39. The number of hydrogen-bond donors (Lipinski definition) is 1. The SMILES string of the molecule is NC(=O)COC1CCN(C(=O)Cc2ccc(-c3ccccc3)cc2)C1. The zero-order chi connectivity index (χ0) is 17.6. The molecule has 1 unspecified atom stereocenters. The highest BCUT2D eigenvalue weighted by Gasteiger charge is 2.26. The third-order valence-corrected chi connectivity index (χ3v) is 4.38. The number of likely N-dealkylation sites (tertiary alicyclic amines) is 1. The normalized spacial score (nSPS) is 16.8. The minimum absolute atomic E-state index is 0.0811. The third kappa shape index (κ3) is 4.67. The summed E-state index contributed by atoms with van der Waals surface area (Å²) in [5, 5.41) is 0. The Morgan fingerprint density at radius 1 is 1.04 bits per heavy atom. The van der Waals surface area contributed by atoms with E-state index >= 15 is 0 Å². The van der Waals surface area contributed by atoms with E-state index in [9.17, 15) is 9.59 Å². The second-order valence-electron chi connectivity index (χ2n) is 6.27. The third-order valence-electron chi connectivity index (χ3n) is 4.38. The van der Waals surface area contributed by atoms with E-state index < -0.39 is 5.91 Å². The summed E-state index contributed by atoms with van der Waals surface area (Å²) in [6.45, 7) is 1.09. The molecule has 5 nitrogen and oxygen atoms in total. The maximum Gasteiger partial charge on any atom is 0.243 e. The van der Waals surface area contributed by atoms with Gasteiger partial charge in [-0.1, -0.05) is 54.6 Å². The van der Waals surface area contributed by atoms with E-state index in [0.717, 1.165) is 23.1 Å². The van der Waals surface area contributed by atoms with Gasteiger partial charge < -0.3 is 15.4 Å². The van der Waals surface area contributed by atoms with E-state index in [1.807, 2.05) is 42.5 Å². The molecule has 2 amide bonds. The Labute approximate surface area is 147 Å². The van der Waals surface area contributed by atoms with Crippen LogP contribution in [0.5, 0.6) is 0 Å². The number of rotatable bonds is 6. The van der Waals surface area contributed by atoms with E-state index in [1.54, 1.807) is 4.90 Å². The van der Waals surface area contributed by atoms with Gasteiger partial charge in [0.05, 0.1) is 12.5 Å². The van der Waals surface area contributed by atoms with Crippen LogP contribution in [0.15, 0.2) is 54.6 Å². The molecule has 0 aromatic heterocycles. The van der Waals surface area contributed by atoms with Crippen molar-refractivity contribution in [1.29, 1.82) is 0 Å². The predicted molar refractivity (Wildman–Crippen MR) is 95.7 cm³/mol. The van der Waals surface area contributed by atoms with Crippen molar-refractivity contribution in [2.45, 2.75) is 18.9 Å². The van der Waals surface area contributed by atoms with Crippen LogP contribution in [0, 0.1) is 0 Å². The number of ether oxygens (including phenoxy) is 1. The van der Waals surface area contributed by atoms with Crippen LogP contribution in [-0.4, -0.2) is 42.5 Å². The quantitative estimate of drug-likeness (QED) is 0.875. The van der Waals surface area contributed by atoms with Gasteiger partial charge in [0.2, 0.25) is 11.8 Å². The highest BCUT2D eigenvalue weighted by Crippen LogP contribution is 2.20. The molecule has 0 aliphatic carbocycles. The maximum atomic E-state index is 12.4. The highest BCUT2D eigenvalue weighted by atomic mass is 16.5. The molecule has 1 atom stereocenters. The van der Waals surface area contributed by atoms with Crippen molar-refractivity contribution in [2.75, 3.05) is 19.7 Å². The molecule has 3 rings (SSSR count). The zero-order valence-electron chi connectivity index (χ0n) is 14.1. The van der Waals surface area contributed by atoms with Gasteiger partial charge in [-0.25, -0.2) is 0 Å². The molecule has 0 radical (unpaired) electrons. The number of carbonyl (C=O) groups excluding carboxylic acids is 2. The molecule has 2 aromatic carbocycles. The number of nitrogens with zero attached hydrogens (tertiary/aromatic N) is 1. The van der Waals surface area contributed by atoms with Crippen LogP contribution >= 0.6 is 0 Å². The average molecular weight is 338 g/mol. The smallest absolute Gasteiger partial charge is 0.243 e. The lowest BCUT2D eigenvalue weighted by Gasteiger charge is -2.16. The Kier molecular flexibility index (Phi) is 5.46. The van der Waals surface area contributed by atoms with Gasteiger partial charge >= 0.3 is 0 Å². The molecule has 1 saturated heterocycles. The number of amides is 2. The fraction of sp³-hybridized carbons (Fsp3) is 0.300. The van der Waals surface area contributed by atoms with Crippen molar-refractivity contribution in [3.63, 3.8) is 0 Å². The lowest BCUT2D eigenvalue weighted by molar-refractivity contribution is -0.130. The largest absolute Gasteiger partial charge is 0.368 e. The summed E-state index contributed by atoms with van der Waals surface area (Å²) >= 11 is 0. The Balaban J connectivity index is 1.54. The van der Waals surface area contributed by atoms with Gasteiger partial charge in [-0.05, 0) is 23.1 Å². The van der Waals surface area contributed by atoms with Crippen molar-refractivity contribution in [3.05, 3.63) is 60.2 Å². The summed E-state index contributed by atoms with van der Waals surface area (Å²) in [5.74, 6) is -0.402. The molecule has 2 N–H and O–H groups in total. The molecule has 0 bridgehead atoms. The lowest BCUT2D eigenvalue weighted by Crippen LogP contribution is -2.32. The van der Waals surface area contributed by atoms with Gasteiger partial charge in [-0.2, -0.15) is 0 Å². The van der Waals surface area contributed by atoms with Crippen LogP contribution in [-0.2, 0) is 20.7 Å². The molecule has 130 valence electrons. The van der Waals surface area contributed by atoms with Crippen LogP contribution in [0.2, 0.25) is 0 Å². The molecule has 5 heteroatoms. The van der Waals surface area contributed by atoms with Crippen molar-refractivity contribution < 1.29 is 14.3 Å². The van der Waals surface area contributed by atoms with Crippen molar-refractivity contribution in [3.8, 4) is 11.1 Å². The number of hydrogen-bond acceptors (Lipinski definition) is 3. The topological polar surface area (TPSA) is 72.6 Å². The van der Waals surface area contributed by atoms with Crippen molar-refractivity contribution in [1.82, 2.24) is 4.90 Å². The fourth-order valence-corrected chi connectivity index (χ4v) is 3.02. The first-order valence-electron chi connectivity index (χ1n) is 8.44. The molecule has 2 aromatic rings. The van der Waals surface area contributed by atoms with E-state index in [2.05, 4.69) is 12.1 Å². The minimum atomic E-state index is -0.483. The van der Waals surface area contributed by atoms with E-state index in [1.165, 1.54) is 0 Å². The van der Waals surface area contributed by atoms with Crippen molar-refractivity contribution in [2.24, 2.45) is 5.73 Å². The van der Waals surface area contributed by atoms with Gasteiger partial charge in [0, 0.05) is 13.1 Å². The first-order chi connectivity index (χ1) is 12.1. The fourth-order valence-electron chi connectivity index (χ4n) is 3.02. The molecule has 25 heavy (non-hydrogen) atoms. The summed E-state index contributed by atoms with van der Waals surface area (Å²) in [7, 11) is 0. The van der Waals surface area contributed by atoms with Gasteiger partial charge in [-0.15, -0.1) is 0 Å². The predicted octanol–water partition coefficient (Wildman–Crippen LogP) is 2.00. The molecule has 1 fully saturated rings. The summed E-state index contributed by atoms with van der Waals surface area (Å²) in [5.41, 5.74) is 8.37. The number of carbonyl (C=O) groups is 2. The van der Waals surface area contributed by atoms with Gasteiger partial charge in [-0.3, -0.25) is 9.59 Å². The van der Waals surface area contributed by atoms with E-state index in [-0.39, 0.29) is 18.6 Å². The summed E-state index contributed by atoms with van der Waals surface area (Å²) in [6, 6.07) is 18.2. The molecule has 1 aliphatic heterocycles. The number of nitrogens with two attached hydrogens (primary N) is 1. The van der Waals surface area contributed by atoms with E-state index in [4.69, 9.17) is 10.5 Å². The first kappa shape index (κ1) is 17.2. The van der Waals surface area contributed by atoms with Crippen LogP contribution in [0.25, 0.3) is 11.1 Å². The number of benzene rings is 2. The lowest BCUT2D eigenvalue weighted by atomic mass is 10.0. The van der Waals surface area contributed by atoms with Crippen molar-refractivity contribution >= 4 is 11.8 Å². The van der Waals surface area contributed by atoms with Crippen LogP contribution in [0.4, 0.5) is 0 Å². The standard InChI is InChI=1S/C20H22N2O3/c21-19(23)14-25-18-10-11-22(13-18)20(24)12-15-6-8-17(9-7-15)16-4-2-1-3-5-16/h1-9,18H,10-14H2,(H2,21,23). The second-order valence-corrected chi connectivity index (χ2v) is 6.27. The van der Waals surface area contributed by atoms with Gasteiger partial charge in [0.15, 0.2) is 0 Å². The van der Waals surface area contributed by atoms with Gasteiger partial charge in [0.25, 0.3) is 0 Å². The number of primary amides is 1. The molecular formula is C20H22N2O3. The average Bonchev–Trinajstić information content (AvgIpc) is 3.11. The van der Waals surface area contributed by atoms with Crippen LogP contribution in [0.1, 0.15) is 12.0 Å². The Hall–Kier alpha value is -2.66. The molecule has 1 heterocycles. The summed E-state index contributed by atoms with van der Waals surface area (Å²) in [6.07, 6.45) is 1.01. The Morgan fingerprint density at radius 3 is 2.40 bits per heavy atom. The molecule has 1 aliphatic rings. The molecule has 0 spiro atoms. The van der Waals surface area contributed by atoms with E-state index in [0.29, 0.717) is 19.5 Å². The minimum Gasteiger partial charge on any atom is -0.368 e. The second kappa shape index (κ2) is 7.94. The Morgan fingerprint density at radius 2 is 1.72 bits per heavy atom. The van der Waals surface area contributed by atoms with Crippen LogP contribution < -0.4 is 5.73 Å². The highest BCUT2D eigenvalue weighted by molar-refractivity contribution is 5.79. The molecular weight excluding hydrogens is 316 g/mol. The van der Waals surface area contributed by atoms with Gasteiger partial charge in [0.1, 0.15) is 6.61 Å². The van der Waals surface area contributed by atoms with Crippen LogP contribution in [0.3, 0.4) is 0 Å². The monoisotopic (exact) mass is 338 g/mol. The maximum absolute atomic E-state index is 12.4.